The van der Waals surface area contributed by atoms with Crippen molar-refractivity contribution in [2.24, 2.45) is 0 Å². The summed E-state index contributed by atoms with van der Waals surface area (Å²) in [5, 5.41) is 25.6. The Bertz CT molecular complexity index is 7540. The van der Waals surface area contributed by atoms with Crippen molar-refractivity contribution < 1.29 is 0 Å². The fraction of sp³-hybridized carbons (Fsp3) is 0. The maximum atomic E-state index is 2.38. The highest BCUT2D eigenvalue weighted by atomic mass is 32.1. The maximum absolute atomic E-state index is 2.38. The summed E-state index contributed by atoms with van der Waals surface area (Å²) in [6.45, 7) is 0. The van der Waals surface area contributed by atoms with E-state index in [1.54, 1.807) is 0 Å². The van der Waals surface area contributed by atoms with Crippen LogP contribution in [-0.4, -0.2) is 0 Å². The number of hydrogen-bond acceptors (Lipinski definition) is 4. The second-order valence-electron chi connectivity index (χ2n) is 29.8. The van der Waals surface area contributed by atoms with Crippen molar-refractivity contribution in [1.29, 1.82) is 0 Å². The molecule has 0 aliphatic carbocycles. The molecule has 0 saturated heterocycles. The number of anilines is 6. The molecule has 0 saturated carbocycles. The van der Waals surface area contributed by atoms with Gasteiger partial charge in [-0.2, -0.15) is 0 Å². The Morgan fingerprint density at radius 2 is 0.377 bits per heavy atom. The molecule has 0 atom stereocenters. The summed E-state index contributed by atoms with van der Waals surface area (Å²) >= 11 is 3.76. The number of benzene rings is 21. The van der Waals surface area contributed by atoms with E-state index in [1.807, 2.05) is 22.7 Å². The van der Waals surface area contributed by atoms with Crippen LogP contribution in [0.3, 0.4) is 0 Å². The molecule has 2 nitrogen and oxygen atoms in total. The maximum Gasteiger partial charge on any atom is 0.0468 e. The number of nitrogens with zero attached hydrogens (tertiary/aromatic N) is 2. The van der Waals surface area contributed by atoms with Gasteiger partial charge in [-0.15, -0.1) is 22.7 Å². The third-order valence-corrected chi connectivity index (χ3v) is 25.7. The molecule has 0 N–H and O–H groups in total. The molecular weight excluding hydrogens is 1410 g/mol. The van der Waals surface area contributed by atoms with E-state index in [1.165, 1.54) is 182 Å². The molecule has 0 aliphatic heterocycles. The minimum absolute atomic E-state index is 1.11. The molecule has 21 aromatic carbocycles. The Labute approximate surface area is 668 Å². The lowest BCUT2D eigenvalue weighted by molar-refractivity contribution is 1.28. The van der Waals surface area contributed by atoms with Crippen LogP contribution in [0.25, 0.3) is 182 Å². The van der Waals surface area contributed by atoms with Crippen LogP contribution in [0.4, 0.5) is 34.1 Å². The average Bonchev–Trinajstić information content (AvgIpc) is 1.57. The number of thiophene rings is 2. The Kier molecular flexibility index (Phi) is 16.3. The van der Waals surface area contributed by atoms with Gasteiger partial charge in [-0.05, 0) is 245 Å². The summed E-state index contributed by atoms with van der Waals surface area (Å²) in [6, 6.07) is 156. The fourth-order valence-electron chi connectivity index (χ4n) is 17.5. The monoisotopic (exact) mass is 1480 g/mol. The minimum atomic E-state index is 1.11. The standard InChI is InChI=1S/C58H37NS.C52H33NS/c1-3-10-50-40(8-1)16-18-45-36-43(26-34-52(45)50)38-20-28-47(29-21-38)59(49-32-24-42(25-33-49)54-13-7-14-56-55-12-5-6-15-57(55)60-58(54)56)48-30-22-39(23-31-48)44-27-35-53-46(37-44)19-17-41-9-2-4-11-51(41)53;1-3-10-44-35(8-1)16-18-39-32-38(24-30-46(39)44)34-20-25-41(26-21-34)53(43-29-31-47-40(33-43)19-17-36-9-2-4-11-45(36)47)42-27-22-37(23-28-42)48-13-7-14-50-49-12-5-6-15-51(49)54-52(48)50/h1-37H;1-33H. The van der Waals surface area contributed by atoms with E-state index in [9.17, 15) is 0 Å². The van der Waals surface area contributed by atoms with E-state index in [4.69, 9.17) is 0 Å². The molecule has 23 aromatic rings. The molecule has 0 bridgehead atoms. The highest BCUT2D eigenvalue weighted by Gasteiger charge is 2.20. The molecule has 0 aliphatic rings. The lowest BCUT2D eigenvalue weighted by Gasteiger charge is -2.26. The summed E-state index contributed by atoms with van der Waals surface area (Å²) in [6.07, 6.45) is 0. The summed E-state index contributed by atoms with van der Waals surface area (Å²) in [5.74, 6) is 0. The van der Waals surface area contributed by atoms with E-state index in [0.717, 1.165) is 34.1 Å². The van der Waals surface area contributed by atoms with Gasteiger partial charge in [0.1, 0.15) is 0 Å². The van der Waals surface area contributed by atoms with Crippen molar-refractivity contribution >= 4 is 183 Å². The first-order chi connectivity index (χ1) is 56.5. The first-order valence-electron chi connectivity index (χ1n) is 39.1. The third-order valence-electron chi connectivity index (χ3n) is 23.3. The van der Waals surface area contributed by atoms with Crippen LogP contribution in [-0.2, 0) is 0 Å². The zero-order valence-electron chi connectivity index (χ0n) is 62.1. The minimum Gasteiger partial charge on any atom is -0.311 e. The van der Waals surface area contributed by atoms with E-state index < -0.39 is 0 Å². The van der Waals surface area contributed by atoms with Gasteiger partial charge >= 0.3 is 0 Å². The fourth-order valence-corrected chi connectivity index (χ4v) is 20.0. The predicted octanol–water partition coefficient (Wildman–Crippen LogP) is 32.6. The van der Waals surface area contributed by atoms with Crippen LogP contribution in [0.5, 0.6) is 0 Å². The molecule has 532 valence electrons. The quantitative estimate of drug-likeness (QED) is 0.119. The van der Waals surface area contributed by atoms with Gasteiger partial charge in [0.2, 0.25) is 0 Å². The van der Waals surface area contributed by atoms with Gasteiger partial charge in [0.15, 0.2) is 0 Å². The Morgan fingerprint density at radius 1 is 0.140 bits per heavy atom. The highest BCUT2D eigenvalue weighted by Crippen LogP contribution is 2.47. The molecular formula is C110H70N2S2. The molecule has 2 heterocycles. The summed E-state index contributed by atoms with van der Waals surface area (Å²) in [7, 11) is 0. The lowest BCUT2D eigenvalue weighted by atomic mass is 9.97. The zero-order chi connectivity index (χ0) is 75.2. The zero-order valence-corrected chi connectivity index (χ0v) is 63.8. The first kappa shape index (κ1) is 66.7. The summed E-state index contributed by atoms with van der Waals surface area (Å²) in [4.78, 5) is 4.76. The molecule has 114 heavy (non-hydrogen) atoms. The molecule has 0 spiro atoms. The number of rotatable bonds is 11. The van der Waals surface area contributed by atoms with Gasteiger partial charge in [0.05, 0.1) is 0 Å². The van der Waals surface area contributed by atoms with Gasteiger partial charge in [-0.3, -0.25) is 0 Å². The SMILES string of the molecule is c1ccc2c(c1)ccc1cc(-c3ccc(N(c4ccc(-c5ccc6c(ccc7ccccc76)c5)cc4)c4ccc(-c5cccc6c5sc5ccccc56)cc4)cc3)ccc12.c1ccc2c(c1)ccc1cc(-c3ccc(N(c4ccc(-c5cccc6c5sc5ccccc56)cc4)c4ccc5c(ccc6ccccc65)c4)cc3)ccc12. The normalized spacial score (nSPS) is 11.7. The highest BCUT2D eigenvalue weighted by molar-refractivity contribution is 7.26. The van der Waals surface area contributed by atoms with Crippen molar-refractivity contribution in [3.8, 4) is 55.6 Å². The summed E-state index contributed by atoms with van der Waals surface area (Å²) in [5.41, 5.74) is 18.9. The molecule has 0 radical (unpaired) electrons. The van der Waals surface area contributed by atoms with Crippen molar-refractivity contribution in [2.45, 2.75) is 0 Å². The van der Waals surface area contributed by atoms with Crippen LogP contribution < -0.4 is 9.80 Å². The Hall–Kier alpha value is -14.3. The van der Waals surface area contributed by atoms with Crippen molar-refractivity contribution in [1.82, 2.24) is 0 Å². The largest absolute Gasteiger partial charge is 0.311 e. The molecule has 0 amide bonds. The second-order valence-corrected chi connectivity index (χ2v) is 31.9. The van der Waals surface area contributed by atoms with Gasteiger partial charge in [0, 0.05) is 74.5 Å². The second kappa shape index (κ2) is 27.9. The predicted molar refractivity (Wildman–Crippen MR) is 495 cm³/mol. The Balaban J connectivity index is 0.000000140. The Morgan fingerprint density at radius 3 is 0.719 bits per heavy atom. The van der Waals surface area contributed by atoms with Gasteiger partial charge < -0.3 is 9.80 Å². The van der Waals surface area contributed by atoms with Crippen LogP contribution >= 0.6 is 22.7 Å². The van der Waals surface area contributed by atoms with Crippen LogP contribution in [0, 0.1) is 0 Å². The molecule has 4 heteroatoms. The number of hydrogen-bond donors (Lipinski definition) is 0. The summed E-state index contributed by atoms with van der Waals surface area (Å²) < 4.78 is 5.32. The molecule has 0 fully saturated rings. The van der Waals surface area contributed by atoms with Crippen LogP contribution in [0.1, 0.15) is 0 Å². The average molecular weight is 1480 g/mol. The van der Waals surface area contributed by atoms with Crippen molar-refractivity contribution in [3.05, 3.63) is 425 Å². The van der Waals surface area contributed by atoms with E-state index in [-0.39, 0.29) is 0 Å². The van der Waals surface area contributed by atoms with Gasteiger partial charge in [-0.25, -0.2) is 0 Å². The molecule has 0 unspecified atom stereocenters. The number of fused-ring (bicyclic) bond motifs is 18. The topological polar surface area (TPSA) is 6.48 Å². The van der Waals surface area contributed by atoms with Crippen LogP contribution in [0.15, 0.2) is 425 Å². The van der Waals surface area contributed by atoms with E-state index >= 15 is 0 Å². The first-order valence-corrected chi connectivity index (χ1v) is 40.7. The van der Waals surface area contributed by atoms with Crippen molar-refractivity contribution in [3.63, 3.8) is 0 Å². The van der Waals surface area contributed by atoms with Crippen LogP contribution in [0.2, 0.25) is 0 Å². The van der Waals surface area contributed by atoms with E-state index in [0.29, 0.717) is 0 Å². The smallest absolute Gasteiger partial charge is 0.0468 e. The lowest BCUT2D eigenvalue weighted by Crippen LogP contribution is -2.09. The molecule has 23 rings (SSSR count). The van der Waals surface area contributed by atoms with E-state index in [2.05, 4.69) is 434 Å². The third kappa shape index (κ3) is 11.9. The van der Waals surface area contributed by atoms with Gasteiger partial charge in [0.25, 0.3) is 0 Å². The van der Waals surface area contributed by atoms with Crippen molar-refractivity contribution in [2.75, 3.05) is 9.80 Å². The molecule has 2 aromatic heterocycles. The van der Waals surface area contributed by atoms with Gasteiger partial charge in [-0.1, -0.05) is 322 Å².